The van der Waals surface area contributed by atoms with Crippen LogP contribution in [0.3, 0.4) is 0 Å². The lowest BCUT2D eigenvalue weighted by Gasteiger charge is -2.30. The topological polar surface area (TPSA) is 84.9 Å². The minimum atomic E-state index is -4.64. The number of benzene rings is 1. The molecule has 13 heteroatoms. The summed E-state index contributed by atoms with van der Waals surface area (Å²) in [7, 11) is 0. The third kappa shape index (κ3) is 7.61. The number of likely N-dealkylation sites (tertiary alicyclic amines) is 1. The molecule has 1 aliphatic rings. The molecule has 32 heavy (non-hydrogen) atoms. The third-order valence-electron chi connectivity index (χ3n) is 4.59. The quantitative estimate of drug-likeness (QED) is 0.520. The second kappa shape index (κ2) is 10.1. The molecule has 7 nitrogen and oxygen atoms in total. The maximum atomic E-state index is 12.6. The Bertz CT molecular complexity index is 817. The molecular formula is C19H20F6N2O5. The molecule has 1 aliphatic heterocycles. The summed E-state index contributed by atoms with van der Waals surface area (Å²) in [6.07, 6.45) is -11.3. The van der Waals surface area contributed by atoms with Crippen LogP contribution in [0.4, 0.5) is 36.8 Å². The van der Waals surface area contributed by atoms with Gasteiger partial charge in [-0.25, -0.2) is 4.79 Å². The Balaban J connectivity index is 1.79. The molecule has 0 aliphatic carbocycles. The number of hydrogen-bond donors (Lipinski definition) is 1. The first-order chi connectivity index (χ1) is 14.8. The number of ether oxygens (including phenoxy) is 2. The second-order valence-corrected chi connectivity index (χ2v) is 7.07. The number of piperidine rings is 1. The van der Waals surface area contributed by atoms with Crippen molar-refractivity contribution in [3.63, 3.8) is 0 Å². The zero-order chi connectivity index (χ0) is 24.1. The van der Waals surface area contributed by atoms with Crippen LogP contribution in [-0.4, -0.2) is 54.8 Å². The van der Waals surface area contributed by atoms with Crippen LogP contribution in [-0.2, 0) is 25.2 Å². The van der Waals surface area contributed by atoms with Crippen molar-refractivity contribution >= 4 is 23.7 Å². The number of carbonyl (C=O) groups excluding carboxylic acids is 3. The fraction of sp³-hybridized carbons (Fsp3) is 0.526. The van der Waals surface area contributed by atoms with E-state index in [0.717, 1.165) is 29.2 Å². The van der Waals surface area contributed by atoms with Gasteiger partial charge in [0.1, 0.15) is 0 Å². The van der Waals surface area contributed by atoms with Crippen LogP contribution in [0.1, 0.15) is 25.3 Å². The van der Waals surface area contributed by atoms with E-state index in [1.54, 1.807) is 0 Å². The van der Waals surface area contributed by atoms with E-state index in [1.165, 1.54) is 6.92 Å². The highest BCUT2D eigenvalue weighted by Crippen LogP contribution is 2.30. The summed E-state index contributed by atoms with van der Waals surface area (Å²) >= 11 is 0. The Labute approximate surface area is 178 Å². The van der Waals surface area contributed by atoms with Gasteiger partial charge in [-0.15, -0.1) is 0 Å². The lowest BCUT2D eigenvalue weighted by Crippen LogP contribution is -2.42. The number of carbonyl (C=O) groups is 3. The van der Waals surface area contributed by atoms with Gasteiger partial charge in [-0.2, -0.15) is 26.3 Å². The van der Waals surface area contributed by atoms with Crippen molar-refractivity contribution in [3.05, 3.63) is 29.8 Å². The number of alkyl halides is 6. The highest BCUT2D eigenvalue weighted by Gasteiger charge is 2.34. The zero-order valence-electron chi connectivity index (χ0n) is 16.8. The molecule has 178 valence electrons. The van der Waals surface area contributed by atoms with Crippen molar-refractivity contribution in [2.75, 3.05) is 25.0 Å². The monoisotopic (exact) mass is 470 g/mol. The first kappa shape index (κ1) is 25.3. The van der Waals surface area contributed by atoms with E-state index >= 15 is 0 Å². The van der Waals surface area contributed by atoms with E-state index in [4.69, 9.17) is 4.74 Å². The third-order valence-corrected chi connectivity index (χ3v) is 4.59. The van der Waals surface area contributed by atoms with Crippen LogP contribution in [0, 0.1) is 5.92 Å². The fourth-order valence-corrected chi connectivity index (χ4v) is 2.84. The largest absolute Gasteiger partial charge is 0.452 e. The van der Waals surface area contributed by atoms with E-state index in [2.05, 4.69) is 10.1 Å². The Kier molecular flexibility index (Phi) is 7.97. The lowest BCUT2D eigenvalue weighted by molar-refractivity contribution is -0.163. The Hall–Kier alpha value is -2.99. The Morgan fingerprint density at radius 2 is 1.62 bits per heavy atom. The summed E-state index contributed by atoms with van der Waals surface area (Å²) in [6, 6.07) is 3.70. The molecule has 2 amide bonds. The second-order valence-electron chi connectivity index (χ2n) is 7.07. The molecule has 1 aromatic carbocycles. The minimum absolute atomic E-state index is 0.0252. The average molecular weight is 470 g/mol. The molecular weight excluding hydrogens is 450 g/mol. The molecule has 1 heterocycles. The molecule has 1 atom stereocenters. The minimum Gasteiger partial charge on any atom is -0.452 e. The number of halogens is 6. The Morgan fingerprint density at radius 3 is 2.12 bits per heavy atom. The van der Waals surface area contributed by atoms with Gasteiger partial charge in [-0.3, -0.25) is 9.59 Å². The van der Waals surface area contributed by atoms with Crippen LogP contribution < -0.4 is 5.32 Å². The van der Waals surface area contributed by atoms with Gasteiger partial charge < -0.3 is 19.7 Å². The number of nitrogens with zero attached hydrogens (tertiary/aromatic N) is 1. The van der Waals surface area contributed by atoms with Gasteiger partial charge in [0.05, 0.1) is 11.5 Å². The molecule has 1 fully saturated rings. The smallest absolute Gasteiger partial charge is 0.422 e. The predicted molar refractivity (Wildman–Crippen MR) is 97.3 cm³/mol. The molecule has 1 aromatic rings. The summed E-state index contributed by atoms with van der Waals surface area (Å²) in [5.41, 5.74) is -0.805. The normalized spacial score (nSPS) is 16.3. The zero-order valence-corrected chi connectivity index (χ0v) is 16.8. The van der Waals surface area contributed by atoms with Crippen molar-refractivity contribution in [2.24, 2.45) is 5.92 Å². The van der Waals surface area contributed by atoms with Crippen LogP contribution in [0.15, 0.2) is 24.3 Å². The van der Waals surface area contributed by atoms with Crippen molar-refractivity contribution in [2.45, 2.75) is 38.2 Å². The lowest BCUT2D eigenvalue weighted by atomic mass is 9.97. The van der Waals surface area contributed by atoms with E-state index in [9.17, 15) is 40.7 Å². The molecule has 1 N–H and O–H groups in total. The molecule has 2 rings (SSSR count). The van der Waals surface area contributed by atoms with Crippen molar-refractivity contribution < 1.29 is 50.2 Å². The molecule has 0 radical (unpaired) electrons. The molecule has 0 aromatic heterocycles. The number of rotatable bonds is 5. The summed E-state index contributed by atoms with van der Waals surface area (Å²) in [5, 5.41) is 2.33. The predicted octanol–water partition coefficient (Wildman–Crippen LogP) is 3.99. The van der Waals surface area contributed by atoms with Gasteiger partial charge in [0.25, 0.3) is 5.91 Å². The van der Waals surface area contributed by atoms with E-state index < -0.39 is 54.5 Å². The highest BCUT2D eigenvalue weighted by molar-refractivity contribution is 5.95. The van der Waals surface area contributed by atoms with Gasteiger partial charge in [-0.05, 0) is 44.0 Å². The van der Waals surface area contributed by atoms with Crippen LogP contribution >= 0.6 is 0 Å². The Morgan fingerprint density at radius 1 is 1.06 bits per heavy atom. The van der Waals surface area contributed by atoms with E-state index in [-0.39, 0.29) is 31.6 Å². The molecule has 1 unspecified atom stereocenters. The number of amides is 2. The van der Waals surface area contributed by atoms with Gasteiger partial charge in [0.15, 0.2) is 12.7 Å². The first-order valence-electron chi connectivity index (χ1n) is 9.43. The van der Waals surface area contributed by atoms with Crippen LogP contribution in [0.2, 0.25) is 0 Å². The fourth-order valence-electron chi connectivity index (χ4n) is 2.84. The maximum Gasteiger partial charge on any atom is 0.422 e. The van der Waals surface area contributed by atoms with Gasteiger partial charge >= 0.3 is 24.4 Å². The summed E-state index contributed by atoms with van der Waals surface area (Å²) in [6.45, 7) is -0.481. The number of anilines is 1. The molecule has 0 spiro atoms. The SMILES string of the molecule is CC(OC(=O)C1CCN(C(=O)OCC(F)(F)F)CC1)C(=O)Nc1ccc(C(F)(F)F)cc1. The maximum absolute atomic E-state index is 12.6. The first-order valence-corrected chi connectivity index (χ1v) is 9.43. The van der Waals surface area contributed by atoms with Crippen molar-refractivity contribution in [1.29, 1.82) is 0 Å². The highest BCUT2D eigenvalue weighted by atomic mass is 19.4. The van der Waals surface area contributed by atoms with Crippen LogP contribution in [0.5, 0.6) is 0 Å². The van der Waals surface area contributed by atoms with E-state index in [0.29, 0.717) is 0 Å². The summed E-state index contributed by atoms with van der Waals surface area (Å²) in [4.78, 5) is 37.0. The van der Waals surface area contributed by atoms with Crippen molar-refractivity contribution in [3.8, 4) is 0 Å². The van der Waals surface area contributed by atoms with Crippen molar-refractivity contribution in [1.82, 2.24) is 4.90 Å². The summed E-state index contributed by atoms with van der Waals surface area (Å²) < 4.78 is 83.2. The van der Waals surface area contributed by atoms with Gasteiger partial charge in [0, 0.05) is 18.8 Å². The number of esters is 1. The number of nitrogens with one attached hydrogen (secondary N) is 1. The average Bonchev–Trinajstić information content (AvgIpc) is 2.71. The summed E-state index contributed by atoms with van der Waals surface area (Å²) in [5.74, 6) is -2.17. The number of hydrogen-bond acceptors (Lipinski definition) is 5. The van der Waals surface area contributed by atoms with E-state index in [1.807, 2.05) is 0 Å². The van der Waals surface area contributed by atoms with Gasteiger partial charge in [-0.1, -0.05) is 0 Å². The van der Waals surface area contributed by atoms with Crippen LogP contribution in [0.25, 0.3) is 0 Å². The standard InChI is InChI=1S/C19H20F6N2O5/c1-11(15(28)26-14-4-2-13(3-5-14)19(23,24)25)32-16(29)12-6-8-27(9-7-12)17(30)31-10-18(20,21)22/h2-5,11-12H,6-10H2,1H3,(H,26,28). The molecule has 0 saturated carbocycles. The molecule has 1 saturated heterocycles. The van der Waals surface area contributed by atoms with Gasteiger partial charge in [0.2, 0.25) is 0 Å². The molecule has 0 bridgehead atoms.